The van der Waals surface area contributed by atoms with Crippen LogP contribution in [0.2, 0.25) is 0 Å². The van der Waals surface area contributed by atoms with Crippen LogP contribution in [0.4, 0.5) is 5.69 Å². The monoisotopic (exact) mass is 479 g/mol. The number of para-hydroxylation sites is 1. The van der Waals surface area contributed by atoms with Gasteiger partial charge in [0, 0.05) is 18.2 Å². The van der Waals surface area contributed by atoms with Gasteiger partial charge in [-0.1, -0.05) is 24.3 Å². The van der Waals surface area contributed by atoms with Crippen LogP contribution >= 0.6 is 0 Å². The summed E-state index contributed by atoms with van der Waals surface area (Å²) in [6.07, 6.45) is 4.57. The van der Waals surface area contributed by atoms with Gasteiger partial charge in [0.1, 0.15) is 5.76 Å². The average molecular weight is 480 g/mol. The molecule has 2 aliphatic rings. The Morgan fingerprint density at radius 3 is 2.65 bits per heavy atom. The Hall–Kier alpha value is -3.10. The lowest BCUT2D eigenvalue weighted by molar-refractivity contribution is 0.0933. The summed E-state index contributed by atoms with van der Waals surface area (Å²) in [5.41, 5.74) is 2.04. The Morgan fingerprint density at radius 1 is 1.09 bits per heavy atom. The first-order chi connectivity index (χ1) is 16.4. The van der Waals surface area contributed by atoms with E-state index in [1.54, 1.807) is 24.5 Å². The molecule has 3 heterocycles. The molecule has 1 amide bonds. The molecule has 1 fully saturated rings. The predicted molar refractivity (Wildman–Crippen MR) is 130 cm³/mol. The summed E-state index contributed by atoms with van der Waals surface area (Å²) in [7, 11) is -3.81. The Bertz CT molecular complexity index is 1270. The lowest BCUT2D eigenvalue weighted by atomic mass is 10.1. The molecule has 0 aliphatic carbocycles. The topological polar surface area (TPSA) is 82.9 Å². The molecule has 8 heteroatoms. The molecule has 2 aliphatic heterocycles. The number of carbonyl (C=O) groups excluding carboxylic acids is 1. The van der Waals surface area contributed by atoms with Crippen molar-refractivity contribution in [3.63, 3.8) is 0 Å². The number of hydrogen-bond acceptors (Lipinski definition) is 5. The summed E-state index contributed by atoms with van der Waals surface area (Å²) in [5, 5.41) is 2.99. The molecule has 1 aromatic heterocycles. The number of rotatable bonds is 7. The Labute approximate surface area is 200 Å². The number of hydrogen-bond donors (Lipinski definition) is 1. The molecular formula is C26H29N3O4S. The van der Waals surface area contributed by atoms with E-state index in [0.717, 1.165) is 37.3 Å². The molecule has 3 aromatic rings. The smallest absolute Gasteiger partial charge is 0.264 e. The maximum atomic E-state index is 13.6. The summed E-state index contributed by atoms with van der Waals surface area (Å²) < 4.78 is 34.2. The number of likely N-dealkylation sites (tertiary alicyclic amines) is 1. The fraction of sp³-hybridized carbons (Fsp3) is 0.346. The van der Waals surface area contributed by atoms with E-state index in [-0.39, 0.29) is 22.9 Å². The minimum absolute atomic E-state index is 0.0460. The van der Waals surface area contributed by atoms with Crippen LogP contribution in [0.5, 0.6) is 0 Å². The number of fused-ring (bicyclic) bond motifs is 1. The maximum Gasteiger partial charge on any atom is 0.264 e. The van der Waals surface area contributed by atoms with Crippen LogP contribution in [0.1, 0.15) is 47.5 Å². The molecule has 2 atom stereocenters. The summed E-state index contributed by atoms with van der Waals surface area (Å²) in [4.78, 5) is 15.5. The van der Waals surface area contributed by atoms with Crippen molar-refractivity contribution in [1.82, 2.24) is 10.2 Å². The molecule has 2 aromatic carbocycles. The van der Waals surface area contributed by atoms with Gasteiger partial charge in [0.15, 0.2) is 0 Å². The van der Waals surface area contributed by atoms with Gasteiger partial charge < -0.3 is 9.73 Å². The fourth-order valence-electron chi connectivity index (χ4n) is 5.05. The molecule has 0 bridgehead atoms. The van der Waals surface area contributed by atoms with Crippen LogP contribution in [0.25, 0.3) is 0 Å². The van der Waals surface area contributed by atoms with Crippen molar-refractivity contribution in [2.45, 2.75) is 43.2 Å². The molecule has 7 nitrogen and oxygen atoms in total. The first-order valence-corrected chi connectivity index (χ1v) is 13.2. The van der Waals surface area contributed by atoms with E-state index < -0.39 is 10.0 Å². The zero-order valence-corrected chi connectivity index (χ0v) is 20.0. The molecule has 34 heavy (non-hydrogen) atoms. The highest BCUT2D eigenvalue weighted by Crippen LogP contribution is 2.36. The van der Waals surface area contributed by atoms with Gasteiger partial charge in [-0.05, 0) is 81.2 Å². The Balaban J connectivity index is 1.35. The van der Waals surface area contributed by atoms with Crippen molar-refractivity contribution in [2.24, 2.45) is 0 Å². The van der Waals surface area contributed by atoms with Crippen LogP contribution < -0.4 is 9.62 Å². The number of furan rings is 1. The largest absolute Gasteiger partial charge is 0.468 e. The number of nitrogens with one attached hydrogen (secondary N) is 1. The third kappa shape index (κ3) is 4.23. The number of nitrogens with zero attached hydrogens (tertiary/aromatic N) is 2. The minimum atomic E-state index is -3.81. The summed E-state index contributed by atoms with van der Waals surface area (Å²) in [5.74, 6) is 0.517. The summed E-state index contributed by atoms with van der Waals surface area (Å²) in [6, 6.07) is 17.4. The van der Waals surface area contributed by atoms with E-state index in [4.69, 9.17) is 4.42 Å². The standard InChI is InChI=1S/C26H29N3O4S/c1-19-16-20-8-2-3-11-23(20)29(19)34(31,32)22-10-6-9-21(17-22)26(30)27-18-24(25-12-7-15-33-25)28-13-4-5-14-28/h2-3,6-12,15,17,19,24H,4-5,13-14,16,18H2,1H3,(H,27,30)/t19-,24+/m0/s1. The first kappa shape index (κ1) is 22.7. The number of anilines is 1. The fourth-order valence-corrected chi connectivity index (χ4v) is 6.79. The van der Waals surface area contributed by atoms with Crippen LogP contribution in [0.15, 0.2) is 76.2 Å². The van der Waals surface area contributed by atoms with E-state index in [9.17, 15) is 13.2 Å². The molecule has 0 spiro atoms. The second-order valence-corrected chi connectivity index (χ2v) is 10.8. The Kier molecular flexibility index (Phi) is 6.18. The highest BCUT2D eigenvalue weighted by atomic mass is 32.2. The molecule has 0 saturated carbocycles. The van der Waals surface area contributed by atoms with Gasteiger partial charge in [0.2, 0.25) is 0 Å². The van der Waals surface area contributed by atoms with Gasteiger partial charge in [-0.2, -0.15) is 0 Å². The second-order valence-electron chi connectivity index (χ2n) is 8.99. The zero-order chi connectivity index (χ0) is 23.7. The molecule has 0 radical (unpaired) electrons. The van der Waals surface area contributed by atoms with E-state index in [2.05, 4.69) is 10.2 Å². The van der Waals surface area contributed by atoms with Crippen LogP contribution in [-0.4, -0.2) is 44.9 Å². The third-order valence-corrected chi connectivity index (χ3v) is 8.63. The first-order valence-electron chi connectivity index (χ1n) is 11.7. The summed E-state index contributed by atoms with van der Waals surface area (Å²) >= 11 is 0. The SMILES string of the molecule is C[C@H]1Cc2ccccc2N1S(=O)(=O)c1cccc(C(=O)NC[C@H](c2ccco2)N2CCCC2)c1. The molecule has 0 unspecified atom stereocenters. The van der Waals surface area contributed by atoms with Crippen molar-refractivity contribution in [3.8, 4) is 0 Å². The molecule has 1 saturated heterocycles. The van der Waals surface area contributed by atoms with E-state index in [0.29, 0.717) is 24.2 Å². The van der Waals surface area contributed by atoms with Gasteiger partial charge in [-0.15, -0.1) is 0 Å². The Morgan fingerprint density at radius 2 is 1.88 bits per heavy atom. The second kappa shape index (κ2) is 9.27. The zero-order valence-electron chi connectivity index (χ0n) is 19.2. The highest BCUT2D eigenvalue weighted by Gasteiger charge is 2.36. The van der Waals surface area contributed by atoms with Gasteiger partial charge in [-0.3, -0.25) is 14.0 Å². The van der Waals surface area contributed by atoms with Gasteiger partial charge in [0.25, 0.3) is 15.9 Å². The number of sulfonamides is 1. The van der Waals surface area contributed by atoms with Crippen LogP contribution in [0.3, 0.4) is 0 Å². The van der Waals surface area contributed by atoms with Crippen molar-refractivity contribution < 1.29 is 17.6 Å². The van der Waals surface area contributed by atoms with Gasteiger partial charge in [-0.25, -0.2) is 8.42 Å². The quantitative estimate of drug-likeness (QED) is 0.554. The van der Waals surface area contributed by atoms with Crippen LogP contribution in [-0.2, 0) is 16.4 Å². The normalized spacial score (nSPS) is 19.2. The highest BCUT2D eigenvalue weighted by molar-refractivity contribution is 7.92. The van der Waals surface area contributed by atoms with Crippen LogP contribution in [0, 0.1) is 0 Å². The molecule has 178 valence electrons. The number of carbonyl (C=O) groups is 1. The number of amides is 1. The predicted octanol–water partition coefficient (Wildman–Crippen LogP) is 3.99. The van der Waals surface area contributed by atoms with Crippen molar-refractivity contribution in [2.75, 3.05) is 23.9 Å². The van der Waals surface area contributed by atoms with Crippen molar-refractivity contribution in [3.05, 3.63) is 83.8 Å². The van der Waals surface area contributed by atoms with Crippen molar-refractivity contribution in [1.29, 1.82) is 0 Å². The van der Waals surface area contributed by atoms with Crippen molar-refractivity contribution >= 4 is 21.6 Å². The molecule has 5 rings (SSSR count). The molecular weight excluding hydrogens is 450 g/mol. The van der Waals surface area contributed by atoms with E-state index in [1.165, 1.54) is 10.4 Å². The number of benzene rings is 2. The van der Waals surface area contributed by atoms with Gasteiger partial charge in [0.05, 0.1) is 22.9 Å². The van der Waals surface area contributed by atoms with Gasteiger partial charge >= 0.3 is 0 Å². The molecule has 1 N–H and O–H groups in total. The minimum Gasteiger partial charge on any atom is -0.468 e. The third-order valence-electron chi connectivity index (χ3n) is 6.71. The average Bonchev–Trinajstić information content (AvgIpc) is 3.60. The van der Waals surface area contributed by atoms with E-state index in [1.807, 2.05) is 43.3 Å². The summed E-state index contributed by atoms with van der Waals surface area (Å²) in [6.45, 7) is 4.22. The van der Waals surface area contributed by atoms with E-state index >= 15 is 0 Å². The maximum absolute atomic E-state index is 13.6. The lowest BCUT2D eigenvalue weighted by Gasteiger charge is -2.26. The lowest BCUT2D eigenvalue weighted by Crippen LogP contribution is -2.37.